The van der Waals surface area contributed by atoms with E-state index in [0.717, 1.165) is 67.3 Å². The van der Waals surface area contributed by atoms with E-state index in [2.05, 4.69) is 48.4 Å². The quantitative estimate of drug-likeness (QED) is 0.343. The van der Waals surface area contributed by atoms with E-state index in [1.165, 1.54) is 6.33 Å². The van der Waals surface area contributed by atoms with Gasteiger partial charge in [-0.3, -0.25) is 0 Å². The Morgan fingerprint density at radius 1 is 1.19 bits per heavy atom. The number of H-pyrrole nitrogens is 1. The van der Waals surface area contributed by atoms with Crippen molar-refractivity contribution in [2.45, 2.75) is 32.3 Å². The van der Waals surface area contributed by atoms with Crippen molar-refractivity contribution in [3.05, 3.63) is 54.2 Å². The summed E-state index contributed by atoms with van der Waals surface area (Å²) in [7, 11) is 0. The van der Waals surface area contributed by atoms with E-state index < -0.39 is 0 Å². The molecule has 0 unspecified atom stereocenters. The van der Waals surface area contributed by atoms with E-state index in [0.29, 0.717) is 30.6 Å². The van der Waals surface area contributed by atoms with Crippen molar-refractivity contribution in [1.29, 1.82) is 5.26 Å². The lowest BCUT2D eigenvalue weighted by Crippen LogP contribution is -2.36. The summed E-state index contributed by atoms with van der Waals surface area (Å²) in [5.74, 6) is 1.23. The first-order valence-corrected chi connectivity index (χ1v) is 12.6. The molecular formula is C27H31N7O3. The van der Waals surface area contributed by atoms with Gasteiger partial charge in [-0.25, -0.2) is 9.97 Å². The van der Waals surface area contributed by atoms with E-state index in [1.807, 2.05) is 31.2 Å². The van der Waals surface area contributed by atoms with Crippen LogP contribution in [0.3, 0.4) is 0 Å². The van der Waals surface area contributed by atoms with Crippen LogP contribution in [0.4, 0.5) is 17.3 Å². The van der Waals surface area contributed by atoms with Crippen molar-refractivity contribution in [2.24, 2.45) is 0 Å². The number of hydrogen-bond donors (Lipinski definition) is 2. The van der Waals surface area contributed by atoms with Crippen molar-refractivity contribution in [1.82, 2.24) is 19.9 Å². The van der Waals surface area contributed by atoms with Crippen molar-refractivity contribution < 1.29 is 14.2 Å². The first-order valence-electron chi connectivity index (χ1n) is 12.6. The maximum atomic E-state index is 9.24. The van der Waals surface area contributed by atoms with Gasteiger partial charge in [0, 0.05) is 37.3 Å². The number of rotatable bonds is 8. The van der Waals surface area contributed by atoms with Crippen molar-refractivity contribution >= 4 is 34.1 Å². The second-order valence-electron chi connectivity index (χ2n) is 9.03. The normalized spacial score (nSPS) is 17.6. The zero-order valence-electron chi connectivity index (χ0n) is 20.9. The summed E-state index contributed by atoms with van der Waals surface area (Å²) < 4.78 is 16.9. The number of benzene rings is 1. The largest absolute Gasteiger partial charge is 0.494 e. The molecule has 2 aromatic heterocycles. The van der Waals surface area contributed by atoms with Crippen LogP contribution in [-0.2, 0) is 14.2 Å². The van der Waals surface area contributed by atoms with Gasteiger partial charge in [0.15, 0.2) is 5.65 Å². The van der Waals surface area contributed by atoms with Gasteiger partial charge >= 0.3 is 0 Å². The Hall–Kier alpha value is -3.94. The van der Waals surface area contributed by atoms with Crippen LogP contribution in [-0.4, -0.2) is 65.6 Å². The molecule has 37 heavy (non-hydrogen) atoms. The standard InChI is InChI=1S/C27H31N7O3/c1-19(5-6-22(7-10-28)37-23-8-13-35-14-9-23)24-25-26(30-18-29-24)33-27(32-25)31-20-3-2-4-21(17-20)34-11-15-36-16-12-34/h2-6,17-18,23H,7-9,11-16H2,1H3,(H2,29,30,31,32,33)/b19-5+,22-6+. The van der Waals surface area contributed by atoms with E-state index in [1.54, 1.807) is 0 Å². The highest BCUT2D eigenvalue weighted by Gasteiger charge is 2.17. The molecular weight excluding hydrogens is 470 g/mol. The molecule has 0 atom stereocenters. The molecule has 4 heterocycles. The number of fused-ring (bicyclic) bond motifs is 1. The molecule has 2 fully saturated rings. The Balaban J connectivity index is 1.34. The zero-order valence-corrected chi connectivity index (χ0v) is 20.9. The third kappa shape index (κ3) is 6.25. The summed E-state index contributed by atoms with van der Waals surface area (Å²) in [6.45, 7) is 6.58. The van der Waals surface area contributed by atoms with Crippen LogP contribution in [0, 0.1) is 11.3 Å². The fraction of sp³-hybridized carbons (Fsp3) is 0.407. The van der Waals surface area contributed by atoms with Crippen LogP contribution < -0.4 is 10.2 Å². The molecule has 2 saturated heterocycles. The number of nitriles is 1. The molecule has 0 spiro atoms. The average Bonchev–Trinajstić information content (AvgIpc) is 3.35. The summed E-state index contributed by atoms with van der Waals surface area (Å²) in [5, 5.41) is 12.6. The number of ether oxygens (including phenoxy) is 3. The third-order valence-corrected chi connectivity index (χ3v) is 6.41. The Bertz CT molecular complexity index is 1320. The van der Waals surface area contributed by atoms with Gasteiger partial charge in [0.25, 0.3) is 0 Å². The van der Waals surface area contributed by atoms with Gasteiger partial charge in [0.1, 0.15) is 23.7 Å². The number of nitrogens with zero attached hydrogens (tertiary/aromatic N) is 5. The van der Waals surface area contributed by atoms with Gasteiger partial charge in [-0.15, -0.1) is 0 Å². The van der Waals surface area contributed by atoms with Gasteiger partial charge in [-0.1, -0.05) is 12.1 Å². The molecule has 0 amide bonds. The predicted molar refractivity (Wildman–Crippen MR) is 141 cm³/mol. The lowest BCUT2D eigenvalue weighted by molar-refractivity contribution is -0.00474. The van der Waals surface area contributed by atoms with E-state index in [-0.39, 0.29) is 12.5 Å². The number of imidazole rings is 1. The molecule has 0 radical (unpaired) electrons. The number of anilines is 3. The van der Waals surface area contributed by atoms with Crippen LogP contribution >= 0.6 is 0 Å². The zero-order chi connectivity index (χ0) is 25.5. The second kappa shape index (κ2) is 11.9. The first-order chi connectivity index (χ1) is 18.2. The van der Waals surface area contributed by atoms with Crippen LogP contribution in [0.25, 0.3) is 16.7 Å². The Labute approximate surface area is 216 Å². The molecule has 5 rings (SSSR count). The minimum absolute atomic E-state index is 0.0794. The van der Waals surface area contributed by atoms with Crippen LogP contribution in [0.15, 0.2) is 48.5 Å². The summed E-state index contributed by atoms with van der Waals surface area (Å²) in [4.78, 5) is 19.1. The van der Waals surface area contributed by atoms with Crippen molar-refractivity contribution in [3.63, 3.8) is 0 Å². The molecule has 3 aromatic rings. The Kier molecular flexibility index (Phi) is 7.93. The lowest BCUT2D eigenvalue weighted by Gasteiger charge is -2.29. The van der Waals surface area contributed by atoms with E-state index >= 15 is 0 Å². The SMILES string of the molecule is C/C(=C\C=C(/CC#N)OC1CCOCC1)c1ncnc2nc(Nc3cccc(N4CCOCC4)c3)[nH]c12. The molecule has 2 aliphatic heterocycles. The number of morpholine rings is 1. The Morgan fingerprint density at radius 3 is 2.81 bits per heavy atom. The topological polar surface area (TPSA) is 121 Å². The number of aromatic amines is 1. The van der Waals surface area contributed by atoms with Gasteiger partial charge in [-0.2, -0.15) is 10.2 Å². The van der Waals surface area contributed by atoms with Crippen molar-refractivity contribution in [2.75, 3.05) is 49.7 Å². The fourth-order valence-electron chi connectivity index (χ4n) is 4.45. The lowest BCUT2D eigenvalue weighted by atomic mass is 10.1. The number of hydrogen-bond acceptors (Lipinski definition) is 9. The maximum Gasteiger partial charge on any atom is 0.207 e. The highest BCUT2D eigenvalue weighted by atomic mass is 16.5. The summed E-state index contributed by atoms with van der Waals surface area (Å²) in [5.41, 5.74) is 5.04. The second-order valence-corrected chi connectivity index (χ2v) is 9.03. The van der Waals surface area contributed by atoms with Crippen LogP contribution in [0.1, 0.15) is 31.9 Å². The summed E-state index contributed by atoms with van der Waals surface area (Å²) in [6.07, 6.45) is 7.24. The number of nitrogens with one attached hydrogen (secondary N) is 2. The van der Waals surface area contributed by atoms with Gasteiger partial charge in [0.05, 0.1) is 44.6 Å². The number of aromatic nitrogens is 4. The van der Waals surface area contributed by atoms with E-state index in [4.69, 9.17) is 14.2 Å². The predicted octanol–water partition coefficient (Wildman–Crippen LogP) is 4.33. The first kappa shape index (κ1) is 24.7. The summed E-state index contributed by atoms with van der Waals surface area (Å²) in [6, 6.07) is 10.4. The highest BCUT2D eigenvalue weighted by Crippen LogP contribution is 2.26. The molecule has 2 N–H and O–H groups in total. The summed E-state index contributed by atoms with van der Waals surface area (Å²) >= 11 is 0. The number of allylic oxidation sites excluding steroid dienone is 4. The monoisotopic (exact) mass is 501 g/mol. The van der Waals surface area contributed by atoms with Crippen molar-refractivity contribution in [3.8, 4) is 6.07 Å². The molecule has 0 aliphatic carbocycles. The maximum absolute atomic E-state index is 9.24. The molecule has 0 bridgehead atoms. The minimum Gasteiger partial charge on any atom is -0.494 e. The minimum atomic E-state index is 0.0794. The molecule has 10 heteroatoms. The molecule has 192 valence electrons. The molecule has 1 aromatic carbocycles. The average molecular weight is 502 g/mol. The fourth-order valence-corrected chi connectivity index (χ4v) is 4.45. The van der Waals surface area contributed by atoms with E-state index in [9.17, 15) is 5.26 Å². The van der Waals surface area contributed by atoms with Gasteiger partial charge in [0.2, 0.25) is 5.95 Å². The smallest absolute Gasteiger partial charge is 0.207 e. The third-order valence-electron chi connectivity index (χ3n) is 6.41. The van der Waals surface area contributed by atoms with Gasteiger partial charge in [-0.05, 0) is 36.8 Å². The molecule has 10 nitrogen and oxygen atoms in total. The van der Waals surface area contributed by atoms with Gasteiger partial charge < -0.3 is 29.4 Å². The van der Waals surface area contributed by atoms with Crippen LogP contribution in [0.2, 0.25) is 0 Å². The highest BCUT2D eigenvalue weighted by molar-refractivity contribution is 5.86. The molecule has 0 saturated carbocycles. The van der Waals surface area contributed by atoms with Crippen LogP contribution in [0.5, 0.6) is 0 Å². The Morgan fingerprint density at radius 2 is 2.00 bits per heavy atom. The molecule has 2 aliphatic rings.